The molecule has 3 heteroatoms. The third-order valence-electron chi connectivity index (χ3n) is 6.78. The minimum atomic E-state index is 0.548. The Morgan fingerprint density at radius 1 is 1.17 bits per heavy atom. The first kappa shape index (κ1) is 16.0. The number of hydrogen-bond donors (Lipinski definition) is 0. The van der Waals surface area contributed by atoms with Gasteiger partial charge in [-0.15, -0.1) is 0 Å². The quantitative estimate of drug-likeness (QED) is 0.783. The van der Waals surface area contributed by atoms with E-state index < -0.39 is 0 Å². The van der Waals surface area contributed by atoms with Gasteiger partial charge in [0.25, 0.3) is 0 Å². The summed E-state index contributed by atoms with van der Waals surface area (Å²) in [6.07, 6.45) is 5.30. The van der Waals surface area contributed by atoms with Crippen LogP contribution in [-0.2, 0) is 0 Å². The Kier molecular flexibility index (Phi) is 4.07. The summed E-state index contributed by atoms with van der Waals surface area (Å²) in [4.78, 5) is 5.13. The summed E-state index contributed by atoms with van der Waals surface area (Å²) >= 11 is 0. The van der Waals surface area contributed by atoms with Crippen molar-refractivity contribution in [1.82, 2.24) is 4.90 Å². The van der Waals surface area contributed by atoms with Gasteiger partial charge in [-0.05, 0) is 42.2 Å². The van der Waals surface area contributed by atoms with E-state index in [4.69, 9.17) is 4.74 Å². The topological polar surface area (TPSA) is 15.7 Å². The lowest BCUT2D eigenvalue weighted by molar-refractivity contribution is -0.0107. The Labute approximate surface area is 146 Å². The zero-order valence-electron chi connectivity index (χ0n) is 15.3. The Morgan fingerprint density at radius 3 is 2.62 bits per heavy atom. The van der Waals surface area contributed by atoms with E-state index in [-0.39, 0.29) is 0 Å². The van der Waals surface area contributed by atoms with Crippen LogP contribution in [0.3, 0.4) is 0 Å². The van der Waals surface area contributed by atoms with Crippen molar-refractivity contribution in [3.8, 4) is 5.75 Å². The maximum Gasteiger partial charge on any atom is 0.120 e. The van der Waals surface area contributed by atoms with E-state index in [1.165, 1.54) is 25.1 Å². The molecule has 4 aliphatic rings. The molecular formula is C21H30N2O. The second-order valence-corrected chi connectivity index (χ2v) is 8.29. The predicted molar refractivity (Wildman–Crippen MR) is 99.7 cm³/mol. The number of allylic oxidation sites excluding steroid dienone is 1. The molecule has 0 spiro atoms. The van der Waals surface area contributed by atoms with Crippen molar-refractivity contribution < 1.29 is 4.74 Å². The summed E-state index contributed by atoms with van der Waals surface area (Å²) in [6.45, 7) is 10.7. The van der Waals surface area contributed by atoms with Crippen LogP contribution in [0.15, 0.2) is 35.9 Å². The van der Waals surface area contributed by atoms with E-state index in [9.17, 15) is 0 Å². The maximum absolute atomic E-state index is 5.36. The van der Waals surface area contributed by atoms with Gasteiger partial charge in [-0.25, -0.2) is 0 Å². The molecule has 0 aromatic heterocycles. The molecule has 1 heterocycles. The molecule has 1 aromatic rings. The van der Waals surface area contributed by atoms with Gasteiger partial charge in [0.1, 0.15) is 5.75 Å². The van der Waals surface area contributed by atoms with Crippen molar-refractivity contribution in [3.05, 3.63) is 35.9 Å². The van der Waals surface area contributed by atoms with Gasteiger partial charge in [0.2, 0.25) is 0 Å². The third kappa shape index (κ3) is 2.73. The van der Waals surface area contributed by atoms with E-state index in [1.807, 2.05) is 6.07 Å². The summed E-state index contributed by atoms with van der Waals surface area (Å²) in [7, 11) is 1.74. The minimum absolute atomic E-state index is 0.548. The monoisotopic (exact) mass is 326 g/mol. The predicted octanol–water partition coefficient (Wildman–Crippen LogP) is 3.81. The van der Waals surface area contributed by atoms with Gasteiger partial charge in [-0.3, -0.25) is 4.90 Å². The molecule has 2 fully saturated rings. The van der Waals surface area contributed by atoms with Gasteiger partial charge in [0, 0.05) is 44.5 Å². The summed E-state index contributed by atoms with van der Waals surface area (Å²) in [5.41, 5.74) is 3.55. The lowest BCUT2D eigenvalue weighted by Gasteiger charge is -2.57. The van der Waals surface area contributed by atoms with E-state index in [0.29, 0.717) is 5.41 Å². The molecule has 3 aliphatic carbocycles. The third-order valence-corrected chi connectivity index (χ3v) is 6.78. The van der Waals surface area contributed by atoms with Gasteiger partial charge in [-0.1, -0.05) is 31.6 Å². The number of rotatable bonds is 4. The minimum Gasteiger partial charge on any atom is -0.497 e. The van der Waals surface area contributed by atoms with Crippen LogP contribution in [0.2, 0.25) is 0 Å². The van der Waals surface area contributed by atoms with E-state index >= 15 is 0 Å². The van der Waals surface area contributed by atoms with Crippen LogP contribution >= 0.6 is 0 Å². The largest absolute Gasteiger partial charge is 0.497 e. The Hall–Kier alpha value is -1.48. The van der Waals surface area contributed by atoms with Gasteiger partial charge in [0.05, 0.1) is 7.11 Å². The first-order valence-corrected chi connectivity index (χ1v) is 9.38. The Morgan fingerprint density at radius 2 is 1.96 bits per heavy atom. The second kappa shape index (κ2) is 6.11. The van der Waals surface area contributed by atoms with E-state index in [1.54, 1.807) is 12.7 Å². The standard InChI is InChI=1S/C21H30N2O/c1-21(2)17-8-7-16(20(21)13-17)15-22-9-11-23(12-10-22)18-5-4-6-19(14-18)24-3/h4-7,14,17,20H,8-13,15H2,1-3H3/t17-,20+/m1/s1. The molecule has 2 bridgehead atoms. The van der Waals surface area contributed by atoms with Crippen molar-refractivity contribution in [2.75, 3.05) is 44.7 Å². The number of benzene rings is 1. The van der Waals surface area contributed by atoms with E-state index in [0.717, 1.165) is 43.8 Å². The van der Waals surface area contributed by atoms with Crippen LogP contribution in [0, 0.1) is 17.3 Å². The van der Waals surface area contributed by atoms with Crippen LogP contribution in [-0.4, -0.2) is 44.7 Å². The summed E-state index contributed by atoms with van der Waals surface area (Å²) < 4.78 is 5.36. The van der Waals surface area contributed by atoms with Gasteiger partial charge in [-0.2, -0.15) is 0 Å². The molecule has 130 valence electrons. The van der Waals surface area contributed by atoms with Crippen LogP contribution in [0.1, 0.15) is 26.7 Å². The van der Waals surface area contributed by atoms with Gasteiger partial charge < -0.3 is 9.64 Å². The molecule has 0 amide bonds. The maximum atomic E-state index is 5.36. The second-order valence-electron chi connectivity index (χ2n) is 8.29. The van der Waals surface area contributed by atoms with Crippen LogP contribution in [0.4, 0.5) is 5.69 Å². The molecule has 1 saturated carbocycles. The highest BCUT2D eigenvalue weighted by Gasteiger charge is 2.51. The highest BCUT2D eigenvalue weighted by atomic mass is 16.5. The SMILES string of the molecule is COc1cccc(N2CCN(CC3=CC[C@@H]4C[C@@H]3C4(C)C)CC2)c1. The van der Waals surface area contributed by atoms with Crippen molar-refractivity contribution in [3.63, 3.8) is 0 Å². The lowest BCUT2D eigenvalue weighted by atomic mass is 9.49. The van der Waals surface area contributed by atoms with Crippen LogP contribution in [0.25, 0.3) is 0 Å². The molecule has 24 heavy (non-hydrogen) atoms. The zero-order chi connectivity index (χ0) is 16.7. The highest BCUT2D eigenvalue weighted by molar-refractivity contribution is 5.51. The zero-order valence-corrected chi connectivity index (χ0v) is 15.3. The molecule has 5 rings (SSSR count). The fraction of sp³-hybridized carbons (Fsp3) is 0.619. The van der Waals surface area contributed by atoms with Crippen molar-refractivity contribution >= 4 is 5.69 Å². The number of nitrogens with zero attached hydrogens (tertiary/aromatic N) is 2. The molecule has 0 unspecified atom stereocenters. The van der Waals surface area contributed by atoms with Crippen molar-refractivity contribution in [2.45, 2.75) is 26.7 Å². The first-order valence-electron chi connectivity index (χ1n) is 9.38. The number of piperazine rings is 1. The molecule has 3 nitrogen and oxygen atoms in total. The van der Waals surface area contributed by atoms with Gasteiger partial charge in [0.15, 0.2) is 0 Å². The van der Waals surface area contributed by atoms with Crippen LogP contribution < -0.4 is 9.64 Å². The molecule has 0 N–H and O–H groups in total. The molecule has 0 radical (unpaired) electrons. The fourth-order valence-electron chi connectivity index (χ4n) is 4.89. The van der Waals surface area contributed by atoms with Gasteiger partial charge >= 0.3 is 0 Å². The van der Waals surface area contributed by atoms with Crippen molar-refractivity contribution in [1.29, 1.82) is 0 Å². The molecule has 1 aromatic carbocycles. The number of fused-ring (bicyclic) bond motifs is 1. The number of ether oxygens (including phenoxy) is 1. The smallest absolute Gasteiger partial charge is 0.120 e. The van der Waals surface area contributed by atoms with E-state index in [2.05, 4.69) is 47.9 Å². The molecule has 1 aliphatic heterocycles. The molecule has 2 atom stereocenters. The Balaban J connectivity index is 1.34. The Bertz CT molecular complexity index is 628. The van der Waals surface area contributed by atoms with Crippen molar-refractivity contribution in [2.24, 2.45) is 17.3 Å². The first-order chi connectivity index (χ1) is 11.6. The summed E-state index contributed by atoms with van der Waals surface area (Å²) in [5.74, 6) is 2.73. The lowest BCUT2D eigenvalue weighted by Crippen LogP contribution is -2.52. The van der Waals surface area contributed by atoms with Crippen LogP contribution in [0.5, 0.6) is 5.75 Å². The number of anilines is 1. The fourth-order valence-corrected chi connectivity index (χ4v) is 4.89. The highest BCUT2D eigenvalue weighted by Crippen LogP contribution is 2.59. The normalized spacial score (nSPS) is 29.0. The average molecular weight is 326 g/mol. The molecular weight excluding hydrogens is 296 g/mol. The number of hydrogen-bond acceptors (Lipinski definition) is 3. The molecule has 1 saturated heterocycles. The summed E-state index contributed by atoms with van der Waals surface area (Å²) in [5, 5.41) is 0. The average Bonchev–Trinajstić information content (AvgIpc) is 2.62. The summed E-state index contributed by atoms with van der Waals surface area (Å²) in [6, 6.07) is 8.45. The number of methoxy groups -OCH3 is 1.